The molecule has 32 heavy (non-hydrogen) atoms. The number of aryl methyl sites for hydroxylation is 2. The number of carbonyl (C=O) groups is 1. The Morgan fingerprint density at radius 2 is 1.88 bits per heavy atom. The summed E-state index contributed by atoms with van der Waals surface area (Å²) in [5.74, 6) is 1.45. The van der Waals surface area contributed by atoms with Crippen LogP contribution in [0, 0.1) is 13.8 Å². The third-order valence-corrected chi connectivity index (χ3v) is 5.40. The van der Waals surface area contributed by atoms with Gasteiger partial charge in [-0.15, -0.1) is 10.2 Å². The first-order valence-electron chi connectivity index (χ1n) is 9.73. The second-order valence-electron chi connectivity index (χ2n) is 6.96. The van der Waals surface area contributed by atoms with Crippen LogP contribution in [0.5, 0.6) is 5.75 Å². The van der Waals surface area contributed by atoms with Crippen LogP contribution in [0.3, 0.4) is 0 Å². The monoisotopic (exact) mass is 469 g/mol. The zero-order chi connectivity index (χ0) is 22.5. The lowest BCUT2D eigenvalue weighted by Crippen LogP contribution is -2.17. The molecule has 2 aromatic carbocycles. The molecule has 0 bridgehead atoms. The Morgan fingerprint density at radius 3 is 2.62 bits per heavy atom. The Morgan fingerprint density at radius 1 is 1.12 bits per heavy atom. The van der Waals surface area contributed by atoms with Crippen molar-refractivity contribution in [3.8, 4) is 11.4 Å². The van der Waals surface area contributed by atoms with Gasteiger partial charge in [0, 0.05) is 11.1 Å². The topological polar surface area (TPSA) is 95.1 Å². The second kappa shape index (κ2) is 9.88. The molecule has 164 valence electrons. The number of nitrogens with one attached hydrogen (secondary N) is 1. The lowest BCUT2D eigenvalue weighted by atomic mass is 10.2. The highest BCUT2D eigenvalue weighted by atomic mass is 35.5. The fraction of sp³-hybridized carbons (Fsp3) is 0.182. The third kappa shape index (κ3) is 5.68. The maximum Gasteiger partial charge on any atom is 0.277 e. The Labute approximate surface area is 193 Å². The molecule has 1 N–H and O–H groups in total. The molecule has 2 heterocycles. The van der Waals surface area contributed by atoms with Gasteiger partial charge in [-0.05, 0) is 50.2 Å². The summed E-state index contributed by atoms with van der Waals surface area (Å²) in [5.41, 5.74) is 2.82. The summed E-state index contributed by atoms with van der Waals surface area (Å²) in [6.45, 7) is 4.02. The van der Waals surface area contributed by atoms with Crippen LogP contribution in [0.2, 0.25) is 5.02 Å². The van der Waals surface area contributed by atoms with E-state index in [0.717, 1.165) is 28.7 Å². The predicted octanol–water partition coefficient (Wildman–Crippen LogP) is 4.84. The maximum atomic E-state index is 12.5. The van der Waals surface area contributed by atoms with Gasteiger partial charge in [-0.3, -0.25) is 4.79 Å². The summed E-state index contributed by atoms with van der Waals surface area (Å²) in [5, 5.41) is 16.2. The highest BCUT2D eigenvalue weighted by Gasteiger charge is 2.14. The highest BCUT2D eigenvalue weighted by Crippen LogP contribution is 2.21. The molecule has 4 rings (SSSR count). The normalized spacial score (nSPS) is 10.8. The zero-order valence-electron chi connectivity index (χ0n) is 17.4. The minimum Gasteiger partial charge on any atom is -0.484 e. The first kappa shape index (κ1) is 21.9. The van der Waals surface area contributed by atoms with E-state index in [9.17, 15) is 4.79 Å². The number of carbonyl (C=O) groups excluding carboxylic acids is 1. The molecule has 10 heteroatoms. The molecule has 0 unspecified atom stereocenters. The minimum atomic E-state index is -0.208. The van der Waals surface area contributed by atoms with E-state index in [1.807, 2.05) is 44.2 Å². The molecular weight excluding hydrogens is 450 g/mol. The molecule has 0 saturated heterocycles. The first-order valence-corrected chi connectivity index (χ1v) is 11.1. The molecule has 0 fully saturated rings. The third-order valence-electron chi connectivity index (χ3n) is 4.33. The van der Waals surface area contributed by atoms with E-state index in [4.69, 9.17) is 20.8 Å². The molecule has 0 aliphatic carbocycles. The van der Waals surface area contributed by atoms with Crippen molar-refractivity contribution in [1.82, 2.24) is 20.0 Å². The van der Waals surface area contributed by atoms with Crippen molar-refractivity contribution >= 4 is 35.1 Å². The summed E-state index contributed by atoms with van der Waals surface area (Å²) in [6, 6.07) is 16.7. The van der Waals surface area contributed by atoms with Crippen LogP contribution in [0.1, 0.15) is 17.1 Å². The van der Waals surface area contributed by atoms with Gasteiger partial charge in [0.05, 0.1) is 17.1 Å². The highest BCUT2D eigenvalue weighted by molar-refractivity contribution is 7.99. The van der Waals surface area contributed by atoms with E-state index in [2.05, 4.69) is 20.6 Å². The van der Waals surface area contributed by atoms with Gasteiger partial charge in [0.15, 0.2) is 6.61 Å². The van der Waals surface area contributed by atoms with Crippen LogP contribution in [-0.2, 0) is 11.4 Å². The molecule has 0 aliphatic heterocycles. The molecule has 4 aromatic rings. The average molecular weight is 470 g/mol. The maximum absolute atomic E-state index is 12.5. The van der Waals surface area contributed by atoms with Gasteiger partial charge in [-0.2, -0.15) is 5.10 Å². The van der Waals surface area contributed by atoms with Crippen molar-refractivity contribution in [2.45, 2.75) is 25.7 Å². The molecule has 0 radical (unpaired) electrons. The van der Waals surface area contributed by atoms with Crippen molar-refractivity contribution in [3.63, 3.8) is 0 Å². The number of amides is 1. The summed E-state index contributed by atoms with van der Waals surface area (Å²) in [4.78, 5) is 12.5. The number of nitrogens with zero attached hydrogens (tertiary/aromatic N) is 4. The number of rotatable bonds is 8. The van der Waals surface area contributed by atoms with Gasteiger partial charge in [0.2, 0.25) is 5.91 Å². The number of hydrogen-bond acceptors (Lipinski definition) is 7. The number of benzene rings is 2. The Bertz CT molecular complexity index is 1210. The fourth-order valence-corrected chi connectivity index (χ4v) is 3.51. The van der Waals surface area contributed by atoms with Crippen molar-refractivity contribution in [2.75, 3.05) is 11.1 Å². The summed E-state index contributed by atoms with van der Waals surface area (Å²) < 4.78 is 12.8. The molecule has 1 amide bonds. The van der Waals surface area contributed by atoms with Crippen molar-refractivity contribution in [2.24, 2.45) is 0 Å². The van der Waals surface area contributed by atoms with E-state index in [0.29, 0.717) is 22.5 Å². The number of aromatic nitrogens is 4. The van der Waals surface area contributed by atoms with Crippen molar-refractivity contribution in [3.05, 3.63) is 76.8 Å². The smallest absolute Gasteiger partial charge is 0.277 e. The molecule has 8 nitrogen and oxygen atoms in total. The Balaban J connectivity index is 1.31. The van der Waals surface area contributed by atoms with Crippen molar-refractivity contribution < 1.29 is 13.9 Å². The number of thioether (sulfide) groups is 1. The van der Waals surface area contributed by atoms with Crippen LogP contribution >= 0.6 is 23.4 Å². The SMILES string of the molecule is Cc1ccc(-n2nc(C)cc2NC(=O)CSc2nnc(COc3ccc(Cl)cc3)o2)cc1. The van der Waals surface area contributed by atoms with Gasteiger partial charge in [-0.25, -0.2) is 4.68 Å². The van der Waals surface area contributed by atoms with E-state index in [1.54, 1.807) is 28.9 Å². The van der Waals surface area contributed by atoms with Crippen LogP contribution in [-0.4, -0.2) is 31.6 Å². The lowest BCUT2D eigenvalue weighted by molar-refractivity contribution is -0.113. The number of anilines is 1. The average Bonchev–Trinajstić information content (AvgIpc) is 3.38. The molecule has 0 atom stereocenters. The van der Waals surface area contributed by atoms with Crippen molar-refractivity contribution in [1.29, 1.82) is 0 Å². The van der Waals surface area contributed by atoms with E-state index in [-0.39, 0.29) is 23.5 Å². The number of ether oxygens (including phenoxy) is 1. The predicted molar refractivity (Wildman–Crippen MR) is 122 cm³/mol. The number of hydrogen-bond donors (Lipinski definition) is 1. The second-order valence-corrected chi connectivity index (χ2v) is 8.32. The summed E-state index contributed by atoms with van der Waals surface area (Å²) >= 11 is 7.00. The molecular formula is C22H20ClN5O3S. The minimum absolute atomic E-state index is 0.109. The Kier molecular flexibility index (Phi) is 6.77. The largest absolute Gasteiger partial charge is 0.484 e. The quantitative estimate of drug-likeness (QED) is 0.369. The van der Waals surface area contributed by atoms with Crippen LogP contribution in [0.15, 0.2) is 64.2 Å². The molecule has 0 aliphatic rings. The summed E-state index contributed by atoms with van der Waals surface area (Å²) in [6.07, 6.45) is 0. The fourth-order valence-electron chi connectivity index (χ4n) is 2.81. The van der Waals surface area contributed by atoms with Gasteiger partial charge < -0.3 is 14.5 Å². The molecule has 0 spiro atoms. The van der Waals surface area contributed by atoms with Gasteiger partial charge in [0.25, 0.3) is 11.1 Å². The van der Waals surface area contributed by atoms with Gasteiger partial charge >= 0.3 is 0 Å². The van der Waals surface area contributed by atoms with Gasteiger partial charge in [0.1, 0.15) is 11.6 Å². The number of halogens is 1. The van der Waals surface area contributed by atoms with E-state index >= 15 is 0 Å². The van der Waals surface area contributed by atoms with E-state index < -0.39 is 0 Å². The van der Waals surface area contributed by atoms with Crippen LogP contribution in [0.4, 0.5) is 5.82 Å². The standard InChI is InChI=1S/C22H20ClN5O3S/c1-14-3-7-17(8-4-14)28-19(11-15(2)27-28)24-20(29)13-32-22-26-25-21(31-22)12-30-18-9-5-16(23)6-10-18/h3-11H,12-13H2,1-2H3,(H,24,29). The van der Waals surface area contributed by atoms with Crippen LogP contribution in [0.25, 0.3) is 5.69 Å². The summed E-state index contributed by atoms with van der Waals surface area (Å²) in [7, 11) is 0. The lowest BCUT2D eigenvalue weighted by Gasteiger charge is -2.08. The molecule has 2 aromatic heterocycles. The first-order chi connectivity index (χ1) is 15.5. The molecule has 0 saturated carbocycles. The van der Waals surface area contributed by atoms with E-state index in [1.165, 1.54) is 0 Å². The van der Waals surface area contributed by atoms with Crippen LogP contribution < -0.4 is 10.1 Å². The zero-order valence-corrected chi connectivity index (χ0v) is 19.0. The Hall–Kier alpha value is -3.30. The van der Waals surface area contributed by atoms with Gasteiger partial charge in [-0.1, -0.05) is 41.1 Å².